The van der Waals surface area contributed by atoms with Crippen molar-refractivity contribution < 1.29 is 17.9 Å². The Balaban J connectivity index is 0.00000208. The summed E-state index contributed by atoms with van der Waals surface area (Å²) < 4.78 is 31.9. The van der Waals surface area contributed by atoms with Crippen molar-refractivity contribution in [2.45, 2.75) is 10.9 Å². The summed E-state index contributed by atoms with van der Waals surface area (Å²) in [6.07, 6.45) is 0. The van der Waals surface area contributed by atoms with Crippen LogP contribution in [-0.4, -0.2) is 75.5 Å². The van der Waals surface area contributed by atoms with Gasteiger partial charge in [0.05, 0.1) is 18.1 Å². The number of halogens is 1. The molecule has 0 spiro atoms. The highest BCUT2D eigenvalue weighted by Gasteiger charge is 2.32. The first-order valence-electron chi connectivity index (χ1n) is 7.74. The van der Waals surface area contributed by atoms with Crippen molar-refractivity contribution in [3.05, 3.63) is 30.3 Å². The van der Waals surface area contributed by atoms with Crippen molar-refractivity contribution >= 4 is 28.3 Å². The van der Waals surface area contributed by atoms with Crippen LogP contribution in [-0.2, 0) is 19.6 Å². The zero-order chi connectivity index (χ0) is 16.3. The van der Waals surface area contributed by atoms with E-state index in [0.29, 0.717) is 50.8 Å². The van der Waals surface area contributed by atoms with Crippen molar-refractivity contribution in [2.75, 3.05) is 45.9 Å². The average molecular weight is 376 g/mol. The van der Waals surface area contributed by atoms with Crippen molar-refractivity contribution in [2.24, 2.45) is 0 Å². The minimum atomic E-state index is -3.48. The molecule has 134 valence electrons. The molecular formula is C15H22ClN3O4S. The Morgan fingerprint density at radius 1 is 1.12 bits per heavy atom. The highest BCUT2D eigenvalue weighted by molar-refractivity contribution is 7.89. The number of piperazine rings is 1. The molecule has 1 aromatic rings. The van der Waals surface area contributed by atoms with Gasteiger partial charge in [-0.3, -0.25) is 4.79 Å². The number of carbonyl (C=O) groups is 1. The summed E-state index contributed by atoms with van der Waals surface area (Å²) >= 11 is 0. The van der Waals surface area contributed by atoms with Crippen LogP contribution in [0, 0.1) is 0 Å². The Labute approximate surface area is 148 Å². The maximum Gasteiger partial charge on any atom is 0.243 e. The molecule has 2 aliphatic heterocycles. The largest absolute Gasteiger partial charge is 0.378 e. The van der Waals surface area contributed by atoms with Crippen LogP contribution in [0.4, 0.5) is 0 Å². The average Bonchev–Trinajstić information content (AvgIpc) is 2.63. The van der Waals surface area contributed by atoms with Crippen LogP contribution >= 0.6 is 12.4 Å². The number of benzene rings is 1. The molecule has 3 rings (SSSR count). The third-order valence-corrected chi connectivity index (χ3v) is 6.06. The fraction of sp³-hybridized carbons (Fsp3) is 0.533. The highest BCUT2D eigenvalue weighted by Crippen LogP contribution is 2.17. The minimum absolute atomic E-state index is 0. The van der Waals surface area contributed by atoms with Gasteiger partial charge < -0.3 is 15.0 Å². The lowest BCUT2D eigenvalue weighted by molar-refractivity contribution is -0.137. The molecule has 2 heterocycles. The third-order valence-electron chi connectivity index (χ3n) is 4.15. The van der Waals surface area contributed by atoms with E-state index in [1.165, 1.54) is 4.31 Å². The second-order valence-electron chi connectivity index (χ2n) is 5.62. The van der Waals surface area contributed by atoms with Crippen LogP contribution < -0.4 is 5.32 Å². The molecule has 24 heavy (non-hydrogen) atoms. The number of carbonyl (C=O) groups excluding carboxylic acids is 1. The van der Waals surface area contributed by atoms with Gasteiger partial charge in [0, 0.05) is 32.7 Å². The van der Waals surface area contributed by atoms with Crippen LogP contribution in [0.25, 0.3) is 0 Å². The molecule has 1 atom stereocenters. The van der Waals surface area contributed by atoms with Gasteiger partial charge in [0.15, 0.2) is 0 Å². The Morgan fingerprint density at radius 3 is 2.38 bits per heavy atom. The lowest BCUT2D eigenvalue weighted by Gasteiger charge is -2.36. The number of amides is 1. The fourth-order valence-electron chi connectivity index (χ4n) is 2.83. The van der Waals surface area contributed by atoms with E-state index in [1.54, 1.807) is 35.2 Å². The molecule has 7 nitrogen and oxygen atoms in total. The van der Waals surface area contributed by atoms with Gasteiger partial charge in [-0.15, -0.1) is 12.4 Å². The normalized spacial score (nSPS) is 22.7. The first-order chi connectivity index (χ1) is 11.1. The molecular weight excluding hydrogens is 354 g/mol. The zero-order valence-electron chi connectivity index (χ0n) is 13.3. The van der Waals surface area contributed by atoms with E-state index >= 15 is 0 Å². The van der Waals surface area contributed by atoms with E-state index in [9.17, 15) is 13.2 Å². The summed E-state index contributed by atoms with van der Waals surface area (Å²) in [4.78, 5) is 14.4. The van der Waals surface area contributed by atoms with Gasteiger partial charge in [0.1, 0.15) is 6.04 Å². The van der Waals surface area contributed by atoms with E-state index < -0.39 is 10.0 Å². The first kappa shape index (κ1) is 19.1. The van der Waals surface area contributed by atoms with Crippen molar-refractivity contribution in [1.29, 1.82) is 0 Å². The zero-order valence-corrected chi connectivity index (χ0v) is 14.9. The van der Waals surface area contributed by atoms with Crippen LogP contribution in [0.15, 0.2) is 35.2 Å². The third kappa shape index (κ3) is 4.07. The molecule has 0 bridgehead atoms. The molecule has 2 saturated heterocycles. The van der Waals surface area contributed by atoms with Gasteiger partial charge in [-0.25, -0.2) is 8.42 Å². The van der Waals surface area contributed by atoms with Gasteiger partial charge >= 0.3 is 0 Å². The van der Waals surface area contributed by atoms with Crippen molar-refractivity contribution in [3.8, 4) is 0 Å². The number of morpholine rings is 1. The van der Waals surface area contributed by atoms with Crippen molar-refractivity contribution in [1.82, 2.24) is 14.5 Å². The predicted octanol–water partition coefficient (Wildman–Crippen LogP) is -0.0703. The van der Waals surface area contributed by atoms with E-state index in [0.717, 1.165) is 0 Å². The Kier molecular flexibility index (Phi) is 6.59. The number of nitrogens with one attached hydrogen (secondary N) is 1. The molecule has 1 aromatic carbocycles. The van der Waals surface area contributed by atoms with Gasteiger partial charge in [-0.1, -0.05) is 18.2 Å². The van der Waals surface area contributed by atoms with E-state index in [2.05, 4.69) is 5.32 Å². The van der Waals surface area contributed by atoms with E-state index in [1.807, 2.05) is 0 Å². The molecule has 1 amide bonds. The predicted molar refractivity (Wildman–Crippen MR) is 91.6 cm³/mol. The van der Waals surface area contributed by atoms with Crippen LogP contribution in [0.1, 0.15) is 0 Å². The molecule has 2 fully saturated rings. The number of ether oxygens (including phenoxy) is 1. The quantitative estimate of drug-likeness (QED) is 0.800. The molecule has 0 saturated carbocycles. The monoisotopic (exact) mass is 375 g/mol. The van der Waals surface area contributed by atoms with Crippen molar-refractivity contribution in [3.63, 3.8) is 0 Å². The van der Waals surface area contributed by atoms with Gasteiger partial charge in [-0.05, 0) is 12.1 Å². The fourth-order valence-corrected chi connectivity index (χ4v) is 4.28. The molecule has 1 unspecified atom stereocenters. The highest BCUT2D eigenvalue weighted by atomic mass is 35.5. The second kappa shape index (κ2) is 8.26. The summed E-state index contributed by atoms with van der Waals surface area (Å²) in [7, 11) is -3.48. The molecule has 2 aliphatic rings. The number of sulfonamides is 1. The standard InChI is InChI=1S/C15H21N3O4S.ClH/c19-15(14-12-22-11-6-16-14)17-7-9-18(10-8-17)23(20,21)13-4-2-1-3-5-13;/h1-5,14,16H,6-12H2;1H. The number of hydrogen-bond donors (Lipinski definition) is 1. The topological polar surface area (TPSA) is 79.0 Å². The minimum Gasteiger partial charge on any atom is -0.378 e. The van der Waals surface area contributed by atoms with Gasteiger partial charge in [0.2, 0.25) is 15.9 Å². The molecule has 0 aliphatic carbocycles. The molecule has 9 heteroatoms. The molecule has 1 N–H and O–H groups in total. The van der Waals surface area contributed by atoms with Crippen LogP contribution in [0.2, 0.25) is 0 Å². The number of rotatable bonds is 3. The summed E-state index contributed by atoms with van der Waals surface area (Å²) in [6.45, 7) is 3.10. The first-order valence-corrected chi connectivity index (χ1v) is 9.18. The van der Waals surface area contributed by atoms with Crippen LogP contribution in [0.3, 0.4) is 0 Å². The summed E-state index contributed by atoms with van der Waals surface area (Å²) in [6, 6.07) is 8.07. The number of nitrogens with zero attached hydrogens (tertiary/aromatic N) is 2. The summed E-state index contributed by atoms with van der Waals surface area (Å²) in [5, 5.41) is 3.14. The van der Waals surface area contributed by atoms with Gasteiger partial charge in [-0.2, -0.15) is 4.31 Å². The van der Waals surface area contributed by atoms with E-state index in [-0.39, 0.29) is 24.4 Å². The van der Waals surface area contributed by atoms with Gasteiger partial charge in [0.25, 0.3) is 0 Å². The molecule has 0 aromatic heterocycles. The summed E-state index contributed by atoms with van der Waals surface area (Å²) in [5.74, 6) is -0.0125. The number of hydrogen-bond acceptors (Lipinski definition) is 5. The Hall–Kier alpha value is -1.19. The maximum absolute atomic E-state index is 12.6. The lowest BCUT2D eigenvalue weighted by Crippen LogP contribution is -2.57. The maximum atomic E-state index is 12.6. The Morgan fingerprint density at radius 2 is 1.79 bits per heavy atom. The van der Waals surface area contributed by atoms with Crippen LogP contribution in [0.5, 0.6) is 0 Å². The molecule has 0 radical (unpaired) electrons. The summed E-state index contributed by atoms with van der Waals surface area (Å²) in [5.41, 5.74) is 0. The van der Waals surface area contributed by atoms with E-state index in [4.69, 9.17) is 4.74 Å². The second-order valence-corrected chi connectivity index (χ2v) is 7.56. The Bertz CT molecular complexity index is 642. The lowest BCUT2D eigenvalue weighted by atomic mass is 10.2. The SMILES string of the molecule is Cl.O=C(C1COCCN1)N1CCN(S(=O)(=O)c2ccccc2)CC1. The smallest absolute Gasteiger partial charge is 0.243 e.